The fourth-order valence-corrected chi connectivity index (χ4v) is 5.92. The lowest BCUT2D eigenvalue weighted by Crippen LogP contribution is -2.59. The van der Waals surface area contributed by atoms with Gasteiger partial charge in [-0.15, -0.1) is 6.58 Å². The monoisotopic (exact) mass is 425 g/mol. The molecule has 3 rings (SSSR count). The van der Waals surface area contributed by atoms with Gasteiger partial charge in [0, 0.05) is 24.7 Å². The van der Waals surface area contributed by atoms with E-state index in [9.17, 15) is 13.2 Å². The second-order valence-electron chi connectivity index (χ2n) is 7.96. The molecule has 0 unspecified atom stereocenters. The Labute approximate surface area is 172 Å². The molecule has 1 atom stereocenters. The summed E-state index contributed by atoms with van der Waals surface area (Å²) >= 11 is 5.97. The lowest BCUT2D eigenvalue weighted by molar-refractivity contribution is -0.132. The average Bonchev–Trinajstić information content (AvgIpc) is 2.87. The van der Waals surface area contributed by atoms with Crippen LogP contribution >= 0.6 is 11.6 Å². The van der Waals surface area contributed by atoms with E-state index >= 15 is 0 Å². The molecule has 28 heavy (non-hydrogen) atoms. The molecule has 1 aromatic rings. The van der Waals surface area contributed by atoms with E-state index in [1.54, 1.807) is 24.3 Å². The predicted octanol–water partition coefficient (Wildman–Crippen LogP) is 2.85. The normalized spacial score (nSPS) is 22.9. The summed E-state index contributed by atoms with van der Waals surface area (Å²) < 4.78 is 27.4. The van der Waals surface area contributed by atoms with Gasteiger partial charge in [-0.3, -0.25) is 10.1 Å². The van der Waals surface area contributed by atoms with Crippen LogP contribution in [0.5, 0.6) is 0 Å². The Morgan fingerprint density at radius 3 is 2.61 bits per heavy atom. The van der Waals surface area contributed by atoms with Crippen LogP contribution in [-0.4, -0.2) is 54.9 Å². The Hall–Kier alpha value is -1.41. The summed E-state index contributed by atoms with van der Waals surface area (Å²) in [5, 5.41) is 3.92. The average molecular weight is 426 g/mol. The molecule has 1 amide bonds. The van der Waals surface area contributed by atoms with Crippen LogP contribution in [0.4, 0.5) is 0 Å². The number of rotatable bonds is 6. The lowest BCUT2D eigenvalue weighted by Gasteiger charge is -2.44. The Morgan fingerprint density at radius 2 is 2.04 bits per heavy atom. The zero-order valence-electron chi connectivity index (χ0n) is 16.4. The van der Waals surface area contributed by atoms with Crippen molar-refractivity contribution in [2.75, 3.05) is 19.6 Å². The second kappa shape index (κ2) is 8.14. The van der Waals surface area contributed by atoms with Gasteiger partial charge in [0.25, 0.3) is 0 Å². The first-order valence-corrected chi connectivity index (χ1v) is 11.5. The maximum Gasteiger partial charge on any atom is 0.243 e. The number of halogens is 1. The van der Waals surface area contributed by atoms with Crippen LogP contribution in [0.25, 0.3) is 0 Å². The fraction of sp³-hybridized carbons (Fsp3) is 0.550. The van der Waals surface area contributed by atoms with E-state index in [-0.39, 0.29) is 16.8 Å². The number of benzene rings is 1. The summed E-state index contributed by atoms with van der Waals surface area (Å²) in [5.74, 6) is 0.477. The first-order chi connectivity index (χ1) is 13.2. The van der Waals surface area contributed by atoms with E-state index in [2.05, 4.69) is 25.7 Å². The minimum absolute atomic E-state index is 0.0831. The van der Waals surface area contributed by atoms with Gasteiger partial charge in [0.15, 0.2) is 0 Å². The second-order valence-corrected chi connectivity index (χ2v) is 10.3. The third-order valence-electron chi connectivity index (χ3n) is 5.53. The van der Waals surface area contributed by atoms with Crippen LogP contribution in [0, 0.1) is 5.92 Å². The molecule has 2 heterocycles. The quantitative estimate of drug-likeness (QED) is 0.711. The number of amides is 1. The number of nitrogens with zero attached hydrogens (tertiary/aromatic N) is 2. The van der Waals surface area contributed by atoms with E-state index in [1.807, 2.05) is 4.90 Å². The first-order valence-electron chi connectivity index (χ1n) is 9.65. The van der Waals surface area contributed by atoms with Crippen LogP contribution in [0.15, 0.2) is 41.8 Å². The molecule has 1 spiro atoms. The van der Waals surface area contributed by atoms with Crippen molar-refractivity contribution >= 4 is 27.5 Å². The summed E-state index contributed by atoms with van der Waals surface area (Å²) in [5.41, 5.74) is -0.509. The van der Waals surface area contributed by atoms with Crippen molar-refractivity contribution in [1.29, 1.82) is 0 Å². The SMILES string of the molecule is C=CCN1C(=O)[C@@H](CC(C)C)NC12CCN(S(=O)(=O)c1cccc(Cl)c1)CC2. The minimum atomic E-state index is -3.61. The van der Waals surface area contributed by atoms with Gasteiger partial charge in [-0.2, -0.15) is 4.31 Å². The van der Waals surface area contributed by atoms with Gasteiger partial charge in [0.05, 0.1) is 16.6 Å². The molecule has 0 aliphatic carbocycles. The third kappa shape index (κ3) is 3.99. The molecule has 0 radical (unpaired) electrons. The highest BCUT2D eigenvalue weighted by molar-refractivity contribution is 7.89. The van der Waals surface area contributed by atoms with Crippen LogP contribution in [0.2, 0.25) is 5.02 Å². The zero-order valence-corrected chi connectivity index (χ0v) is 18.0. The summed E-state index contributed by atoms with van der Waals surface area (Å²) in [6.07, 6.45) is 3.58. The minimum Gasteiger partial charge on any atom is -0.319 e. The van der Waals surface area contributed by atoms with Crippen molar-refractivity contribution in [3.63, 3.8) is 0 Å². The molecule has 154 valence electrons. The van der Waals surface area contributed by atoms with E-state index in [1.165, 1.54) is 10.4 Å². The van der Waals surface area contributed by atoms with Crippen molar-refractivity contribution in [1.82, 2.24) is 14.5 Å². The van der Waals surface area contributed by atoms with Crippen molar-refractivity contribution in [2.45, 2.75) is 49.7 Å². The molecule has 2 fully saturated rings. The Morgan fingerprint density at radius 1 is 1.36 bits per heavy atom. The van der Waals surface area contributed by atoms with Crippen LogP contribution in [-0.2, 0) is 14.8 Å². The molecule has 0 aromatic heterocycles. The largest absolute Gasteiger partial charge is 0.319 e. The van der Waals surface area contributed by atoms with E-state index in [0.29, 0.717) is 43.4 Å². The van der Waals surface area contributed by atoms with Crippen molar-refractivity contribution in [2.24, 2.45) is 5.92 Å². The predicted molar refractivity (Wildman–Crippen MR) is 110 cm³/mol. The number of nitrogens with one attached hydrogen (secondary N) is 1. The number of piperidine rings is 1. The highest BCUT2D eigenvalue weighted by Gasteiger charge is 2.51. The number of carbonyl (C=O) groups excluding carboxylic acids is 1. The summed E-state index contributed by atoms with van der Waals surface area (Å²) in [6, 6.07) is 6.10. The molecule has 2 aliphatic rings. The summed E-state index contributed by atoms with van der Waals surface area (Å²) in [7, 11) is -3.61. The molecule has 0 bridgehead atoms. The zero-order chi connectivity index (χ0) is 20.5. The highest BCUT2D eigenvalue weighted by atomic mass is 35.5. The van der Waals surface area contributed by atoms with E-state index in [4.69, 9.17) is 11.6 Å². The van der Waals surface area contributed by atoms with Gasteiger partial charge in [-0.25, -0.2) is 8.42 Å². The molecule has 1 N–H and O–H groups in total. The smallest absolute Gasteiger partial charge is 0.243 e. The van der Waals surface area contributed by atoms with Crippen molar-refractivity contribution in [3.8, 4) is 0 Å². The maximum atomic E-state index is 13.0. The van der Waals surface area contributed by atoms with Crippen LogP contribution in [0.1, 0.15) is 33.1 Å². The third-order valence-corrected chi connectivity index (χ3v) is 7.66. The van der Waals surface area contributed by atoms with Crippen molar-refractivity contribution in [3.05, 3.63) is 41.9 Å². The van der Waals surface area contributed by atoms with Gasteiger partial charge in [-0.1, -0.05) is 37.6 Å². The Balaban J connectivity index is 1.79. The number of sulfonamides is 1. The highest BCUT2D eigenvalue weighted by Crippen LogP contribution is 2.35. The first kappa shape index (κ1) is 21.3. The maximum absolute atomic E-state index is 13.0. The van der Waals surface area contributed by atoms with Crippen molar-refractivity contribution < 1.29 is 13.2 Å². The lowest BCUT2D eigenvalue weighted by atomic mass is 9.97. The summed E-state index contributed by atoms with van der Waals surface area (Å²) in [4.78, 5) is 15.0. The number of carbonyl (C=O) groups is 1. The fourth-order valence-electron chi connectivity index (χ4n) is 4.18. The molecule has 1 aromatic carbocycles. The number of hydrogen-bond donors (Lipinski definition) is 1. The van der Waals surface area contributed by atoms with Gasteiger partial charge >= 0.3 is 0 Å². The molecular formula is C20H28ClN3O3S. The Kier molecular flexibility index (Phi) is 6.20. The molecule has 6 nitrogen and oxygen atoms in total. The molecule has 8 heteroatoms. The van der Waals surface area contributed by atoms with Gasteiger partial charge in [0.1, 0.15) is 0 Å². The van der Waals surface area contributed by atoms with Gasteiger partial charge < -0.3 is 4.90 Å². The Bertz CT molecular complexity index is 848. The van der Waals surface area contributed by atoms with E-state index in [0.717, 1.165) is 6.42 Å². The van der Waals surface area contributed by atoms with Crippen LogP contribution < -0.4 is 5.32 Å². The number of hydrogen-bond acceptors (Lipinski definition) is 4. The molecule has 2 saturated heterocycles. The van der Waals surface area contributed by atoms with Crippen LogP contribution in [0.3, 0.4) is 0 Å². The van der Waals surface area contributed by atoms with Gasteiger partial charge in [0.2, 0.25) is 15.9 Å². The standard InChI is InChI=1S/C20H28ClN3O3S/c1-4-10-24-19(25)18(13-15(2)3)22-20(24)8-11-23(12-9-20)28(26,27)17-7-5-6-16(21)14-17/h4-7,14-15,18,22H,1,8-13H2,2-3H3/t18-/m1/s1. The summed E-state index contributed by atoms with van der Waals surface area (Å²) in [6.45, 7) is 9.12. The van der Waals surface area contributed by atoms with E-state index < -0.39 is 15.7 Å². The topological polar surface area (TPSA) is 69.7 Å². The molecule has 2 aliphatic heterocycles. The van der Waals surface area contributed by atoms with Gasteiger partial charge in [-0.05, 0) is 43.4 Å². The molecular weight excluding hydrogens is 398 g/mol. The molecule has 0 saturated carbocycles.